The van der Waals surface area contributed by atoms with Gasteiger partial charge in [-0.2, -0.15) is 0 Å². The van der Waals surface area contributed by atoms with Gasteiger partial charge in [-0.05, 0) is 33.7 Å². The van der Waals surface area contributed by atoms with Crippen LogP contribution in [0.1, 0.15) is 49.4 Å². The zero-order valence-corrected chi connectivity index (χ0v) is 12.6. The molecule has 1 aromatic rings. The Morgan fingerprint density at radius 2 is 2.22 bits per heavy atom. The molecule has 0 saturated heterocycles. The van der Waals surface area contributed by atoms with Crippen LogP contribution in [0.4, 0.5) is 0 Å². The summed E-state index contributed by atoms with van der Waals surface area (Å²) in [5, 5.41) is 6.88. The Balaban J connectivity index is 1.68. The number of rotatable bonds is 6. The molecule has 0 spiro atoms. The third-order valence-electron chi connectivity index (χ3n) is 3.94. The lowest BCUT2D eigenvalue weighted by Gasteiger charge is -2.24. The molecule has 1 unspecified atom stereocenters. The van der Waals surface area contributed by atoms with Crippen molar-refractivity contribution in [2.45, 2.75) is 51.6 Å². The van der Waals surface area contributed by atoms with Crippen molar-refractivity contribution in [2.75, 3.05) is 20.1 Å². The van der Waals surface area contributed by atoms with Gasteiger partial charge in [-0.1, -0.05) is 12.8 Å². The van der Waals surface area contributed by atoms with Crippen LogP contribution in [0.15, 0.2) is 5.38 Å². The number of thiazole rings is 1. The minimum absolute atomic E-state index is 0.368. The van der Waals surface area contributed by atoms with E-state index in [-0.39, 0.29) is 0 Å². The number of nitrogens with zero attached hydrogens (tertiary/aromatic N) is 2. The van der Waals surface area contributed by atoms with Gasteiger partial charge in [0.05, 0.1) is 10.7 Å². The lowest BCUT2D eigenvalue weighted by Crippen LogP contribution is -2.36. The summed E-state index contributed by atoms with van der Waals surface area (Å²) in [5.74, 6) is 0. The molecule has 1 aliphatic rings. The SMILES string of the molecule is Cc1nc(C(C)NCCN(C)C2CCCC2)cs1. The van der Waals surface area contributed by atoms with Crippen LogP contribution in [-0.4, -0.2) is 36.1 Å². The van der Waals surface area contributed by atoms with E-state index >= 15 is 0 Å². The average Bonchev–Trinajstić information content (AvgIpc) is 2.99. The van der Waals surface area contributed by atoms with Gasteiger partial charge in [0, 0.05) is 30.6 Å². The highest BCUT2D eigenvalue weighted by atomic mass is 32.1. The van der Waals surface area contributed by atoms with Gasteiger partial charge in [0.1, 0.15) is 0 Å². The Kier molecular flexibility index (Phi) is 5.15. The molecule has 0 amide bonds. The van der Waals surface area contributed by atoms with E-state index < -0.39 is 0 Å². The Bertz CT molecular complexity index is 358. The van der Waals surface area contributed by atoms with Crippen LogP contribution in [-0.2, 0) is 0 Å². The van der Waals surface area contributed by atoms with Crippen molar-refractivity contribution in [3.8, 4) is 0 Å². The van der Waals surface area contributed by atoms with E-state index in [0.29, 0.717) is 6.04 Å². The largest absolute Gasteiger partial charge is 0.308 e. The van der Waals surface area contributed by atoms with Gasteiger partial charge in [0.15, 0.2) is 0 Å². The van der Waals surface area contributed by atoms with Crippen LogP contribution >= 0.6 is 11.3 Å². The van der Waals surface area contributed by atoms with Crippen LogP contribution in [0.25, 0.3) is 0 Å². The molecular weight excluding hydrogens is 242 g/mol. The Morgan fingerprint density at radius 3 is 2.83 bits per heavy atom. The lowest BCUT2D eigenvalue weighted by molar-refractivity contribution is 0.243. The fourth-order valence-electron chi connectivity index (χ4n) is 2.67. The molecule has 1 saturated carbocycles. The fraction of sp³-hybridized carbons (Fsp3) is 0.786. The van der Waals surface area contributed by atoms with Crippen LogP contribution in [0.5, 0.6) is 0 Å². The first kappa shape index (κ1) is 14.0. The summed E-state index contributed by atoms with van der Waals surface area (Å²) < 4.78 is 0. The normalized spacial score (nSPS) is 18.7. The maximum atomic E-state index is 4.53. The van der Waals surface area contributed by atoms with Crippen molar-refractivity contribution in [1.82, 2.24) is 15.2 Å². The van der Waals surface area contributed by atoms with Crippen LogP contribution in [0.2, 0.25) is 0 Å². The average molecular weight is 267 g/mol. The summed E-state index contributed by atoms with van der Waals surface area (Å²) in [6.07, 6.45) is 5.60. The van der Waals surface area contributed by atoms with Gasteiger partial charge >= 0.3 is 0 Å². The zero-order chi connectivity index (χ0) is 13.0. The molecule has 18 heavy (non-hydrogen) atoms. The third kappa shape index (κ3) is 3.77. The van der Waals surface area contributed by atoms with Crippen molar-refractivity contribution >= 4 is 11.3 Å². The number of likely N-dealkylation sites (N-methyl/N-ethyl adjacent to an activating group) is 1. The summed E-state index contributed by atoms with van der Waals surface area (Å²) in [6, 6.07) is 1.19. The topological polar surface area (TPSA) is 28.2 Å². The molecule has 1 heterocycles. The van der Waals surface area contributed by atoms with Crippen LogP contribution in [0, 0.1) is 6.92 Å². The first-order valence-corrected chi connectivity index (χ1v) is 7.90. The molecule has 1 N–H and O–H groups in total. The molecule has 0 radical (unpaired) electrons. The van der Waals surface area contributed by atoms with E-state index in [1.54, 1.807) is 11.3 Å². The van der Waals surface area contributed by atoms with E-state index in [4.69, 9.17) is 0 Å². The highest BCUT2D eigenvalue weighted by Gasteiger charge is 2.19. The molecular formula is C14H25N3S. The number of nitrogens with one attached hydrogen (secondary N) is 1. The predicted octanol–water partition coefficient (Wildman–Crippen LogP) is 2.98. The van der Waals surface area contributed by atoms with E-state index in [2.05, 4.69) is 41.5 Å². The first-order valence-electron chi connectivity index (χ1n) is 7.02. The Morgan fingerprint density at radius 1 is 1.50 bits per heavy atom. The van der Waals surface area contributed by atoms with Gasteiger partial charge in [0.2, 0.25) is 0 Å². The van der Waals surface area contributed by atoms with Gasteiger partial charge in [-0.3, -0.25) is 0 Å². The summed E-state index contributed by atoms with van der Waals surface area (Å²) >= 11 is 1.73. The van der Waals surface area contributed by atoms with Crippen LogP contribution < -0.4 is 5.32 Å². The number of aromatic nitrogens is 1. The summed E-state index contributed by atoms with van der Waals surface area (Å²) in [7, 11) is 2.26. The van der Waals surface area contributed by atoms with Crippen molar-refractivity contribution in [1.29, 1.82) is 0 Å². The summed E-state index contributed by atoms with van der Waals surface area (Å²) in [4.78, 5) is 7.04. The molecule has 1 aliphatic carbocycles. The number of hydrogen-bond donors (Lipinski definition) is 1. The molecule has 0 aliphatic heterocycles. The Labute approximate surface area is 115 Å². The standard InChI is InChI=1S/C14H25N3S/c1-11(14-10-18-12(2)16-14)15-8-9-17(3)13-6-4-5-7-13/h10-11,13,15H,4-9H2,1-3H3. The van der Waals surface area contributed by atoms with Gasteiger partial charge in [-0.15, -0.1) is 11.3 Å². The molecule has 1 atom stereocenters. The second-order valence-electron chi connectivity index (χ2n) is 5.39. The molecule has 3 nitrogen and oxygen atoms in total. The van der Waals surface area contributed by atoms with Crippen molar-refractivity contribution in [3.63, 3.8) is 0 Å². The molecule has 0 bridgehead atoms. The minimum atomic E-state index is 0.368. The predicted molar refractivity (Wildman–Crippen MR) is 78.2 cm³/mol. The van der Waals surface area contributed by atoms with Crippen molar-refractivity contribution in [2.24, 2.45) is 0 Å². The second-order valence-corrected chi connectivity index (χ2v) is 6.45. The summed E-state index contributed by atoms with van der Waals surface area (Å²) in [5.41, 5.74) is 1.18. The second kappa shape index (κ2) is 6.64. The Hall–Kier alpha value is -0.450. The number of aryl methyl sites for hydroxylation is 1. The molecule has 1 fully saturated rings. The first-order chi connectivity index (χ1) is 8.66. The molecule has 4 heteroatoms. The van der Waals surface area contributed by atoms with Gasteiger partial charge in [0.25, 0.3) is 0 Å². The van der Waals surface area contributed by atoms with Crippen molar-refractivity contribution in [3.05, 3.63) is 16.1 Å². The van der Waals surface area contributed by atoms with E-state index in [0.717, 1.165) is 24.1 Å². The molecule has 102 valence electrons. The zero-order valence-electron chi connectivity index (χ0n) is 11.8. The van der Waals surface area contributed by atoms with Gasteiger partial charge < -0.3 is 10.2 Å². The lowest BCUT2D eigenvalue weighted by atomic mass is 10.2. The quantitative estimate of drug-likeness (QED) is 0.859. The highest BCUT2D eigenvalue weighted by molar-refractivity contribution is 7.09. The van der Waals surface area contributed by atoms with E-state index in [1.807, 2.05) is 0 Å². The van der Waals surface area contributed by atoms with Crippen molar-refractivity contribution < 1.29 is 0 Å². The van der Waals surface area contributed by atoms with Gasteiger partial charge in [-0.25, -0.2) is 4.98 Å². The van der Waals surface area contributed by atoms with Crippen LogP contribution in [0.3, 0.4) is 0 Å². The fourth-order valence-corrected chi connectivity index (χ4v) is 3.37. The maximum absolute atomic E-state index is 4.53. The van der Waals surface area contributed by atoms with E-state index in [9.17, 15) is 0 Å². The molecule has 0 aromatic carbocycles. The smallest absolute Gasteiger partial charge is 0.0898 e. The van der Waals surface area contributed by atoms with E-state index in [1.165, 1.54) is 31.4 Å². The maximum Gasteiger partial charge on any atom is 0.0898 e. The highest BCUT2D eigenvalue weighted by Crippen LogP contribution is 2.22. The molecule has 1 aromatic heterocycles. The third-order valence-corrected chi connectivity index (χ3v) is 4.74. The minimum Gasteiger partial charge on any atom is -0.308 e. The monoisotopic (exact) mass is 267 g/mol. The number of hydrogen-bond acceptors (Lipinski definition) is 4. The summed E-state index contributed by atoms with van der Waals surface area (Å²) in [6.45, 7) is 6.45. The molecule has 2 rings (SSSR count).